The smallest absolute Gasteiger partial charge is 0.230 e. The first-order valence-electron chi connectivity index (χ1n) is 8.87. The summed E-state index contributed by atoms with van der Waals surface area (Å²) in [7, 11) is 0. The predicted molar refractivity (Wildman–Crippen MR) is 108 cm³/mol. The molecule has 0 atom stereocenters. The Morgan fingerprint density at radius 2 is 1.92 bits per heavy atom. The molecule has 1 heterocycles. The van der Waals surface area contributed by atoms with Crippen LogP contribution in [0.2, 0.25) is 0 Å². The van der Waals surface area contributed by atoms with Crippen LogP contribution in [0.15, 0.2) is 48.5 Å². The molecule has 1 aliphatic carbocycles. The minimum Gasteiger partial charge on any atom is -0.302 e. The first-order valence-corrected chi connectivity index (χ1v) is 9.68. The fourth-order valence-electron chi connectivity index (χ4n) is 3.81. The predicted octanol–water partition coefficient (Wildman–Crippen LogP) is 5.04. The first kappa shape index (κ1) is 15.5. The maximum Gasteiger partial charge on any atom is 0.230 e. The van der Waals surface area contributed by atoms with Crippen LogP contribution in [0.4, 0.5) is 5.13 Å². The molecule has 128 valence electrons. The van der Waals surface area contributed by atoms with Gasteiger partial charge in [-0.15, -0.1) is 0 Å². The zero-order chi connectivity index (χ0) is 17.7. The van der Waals surface area contributed by atoms with E-state index >= 15 is 0 Å². The molecule has 0 unspecified atom stereocenters. The Morgan fingerprint density at radius 1 is 1.12 bits per heavy atom. The average molecular weight is 358 g/mol. The number of fused-ring (bicyclic) bond motifs is 2. The lowest BCUT2D eigenvalue weighted by Crippen LogP contribution is -2.14. The van der Waals surface area contributed by atoms with Crippen molar-refractivity contribution in [3.05, 3.63) is 70.8 Å². The second-order valence-corrected chi connectivity index (χ2v) is 7.98. The summed E-state index contributed by atoms with van der Waals surface area (Å²) in [4.78, 5) is 17.1. The molecule has 0 aliphatic heterocycles. The number of aryl methyl sites for hydroxylation is 3. The lowest BCUT2D eigenvalue weighted by atomic mass is 10.0. The molecule has 1 amide bonds. The second kappa shape index (κ2) is 5.92. The van der Waals surface area contributed by atoms with Gasteiger partial charge in [-0.05, 0) is 47.9 Å². The van der Waals surface area contributed by atoms with E-state index in [4.69, 9.17) is 4.98 Å². The SMILES string of the molecule is Cc1ccc(CC(=O)Nc2nc3c(cc4c5c(cccc53)CC4)s2)cc1. The summed E-state index contributed by atoms with van der Waals surface area (Å²) >= 11 is 1.56. The first-order chi connectivity index (χ1) is 12.7. The molecule has 0 bridgehead atoms. The highest BCUT2D eigenvalue weighted by Gasteiger charge is 2.18. The molecule has 4 aromatic rings. The molecular weight excluding hydrogens is 340 g/mol. The molecule has 0 saturated carbocycles. The molecule has 1 aliphatic rings. The van der Waals surface area contributed by atoms with Crippen LogP contribution in [0.1, 0.15) is 22.3 Å². The average Bonchev–Trinajstić information content (AvgIpc) is 3.22. The molecule has 3 nitrogen and oxygen atoms in total. The van der Waals surface area contributed by atoms with Gasteiger partial charge in [0.1, 0.15) is 0 Å². The summed E-state index contributed by atoms with van der Waals surface area (Å²) in [5.74, 6) is -0.0229. The summed E-state index contributed by atoms with van der Waals surface area (Å²) in [6.45, 7) is 2.05. The van der Waals surface area contributed by atoms with Crippen molar-refractivity contribution < 1.29 is 4.79 Å². The Morgan fingerprint density at radius 3 is 2.77 bits per heavy atom. The summed E-state index contributed by atoms with van der Waals surface area (Å²) in [6.07, 6.45) is 2.58. The number of nitrogens with one attached hydrogen (secondary N) is 1. The largest absolute Gasteiger partial charge is 0.302 e. The van der Waals surface area contributed by atoms with Crippen LogP contribution in [0, 0.1) is 6.92 Å². The Balaban J connectivity index is 1.47. The van der Waals surface area contributed by atoms with Gasteiger partial charge in [-0.1, -0.05) is 59.4 Å². The zero-order valence-corrected chi connectivity index (χ0v) is 15.3. The normalized spacial score (nSPS) is 12.8. The van der Waals surface area contributed by atoms with Gasteiger partial charge in [0.25, 0.3) is 0 Å². The van der Waals surface area contributed by atoms with Crippen molar-refractivity contribution >= 4 is 43.4 Å². The highest BCUT2D eigenvalue weighted by molar-refractivity contribution is 7.22. The van der Waals surface area contributed by atoms with E-state index in [-0.39, 0.29) is 5.91 Å². The highest BCUT2D eigenvalue weighted by Crippen LogP contribution is 2.39. The van der Waals surface area contributed by atoms with Crippen LogP contribution in [0.25, 0.3) is 21.0 Å². The number of hydrogen-bond acceptors (Lipinski definition) is 3. The van der Waals surface area contributed by atoms with Gasteiger partial charge in [-0.25, -0.2) is 4.98 Å². The summed E-state index contributed by atoms with van der Waals surface area (Å²) in [6, 6.07) is 16.8. The molecular formula is C22H18N2OS. The van der Waals surface area contributed by atoms with Crippen molar-refractivity contribution in [2.24, 2.45) is 0 Å². The van der Waals surface area contributed by atoms with E-state index in [0.717, 1.165) is 28.6 Å². The van der Waals surface area contributed by atoms with Gasteiger partial charge in [0, 0.05) is 5.39 Å². The van der Waals surface area contributed by atoms with Crippen molar-refractivity contribution in [3.8, 4) is 0 Å². The van der Waals surface area contributed by atoms with E-state index < -0.39 is 0 Å². The molecule has 1 aromatic heterocycles. The Kier molecular flexibility index (Phi) is 3.54. The number of carbonyl (C=O) groups excluding carboxylic acids is 1. The molecule has 5 rings (SSSR count). The number of hydrogen-bond donors (Lipinski definition) is 1. The monoisotopic (exact) mass is 358 g/mol. The lowest BCUT2D eigenvalue weighted by molar-refractivity contribution is -0.115. The maximum absolute atomic E-state index is 12.4. The molecule has 0 fully saturated rings. The minimum absolute atomic E-state index is 0.0229. The van der Waals surface area contributed by atoms with E-state index in [1.807, 2.05) is 31.2 Å². The zero-order valence-electron chi connectivity index (χ0n) is 14.5. The molecule has 4 heteroatoms. The number of amides is 1. The number of carbonyl (C=O) groups is 1. The van der Waals surface area contributed by atoms with E-state index in [9.17, 15) is 4.79 Å². The number of aromatic nitrogens is 1. The van der Waals surface area contributed by atoms with Crippen molar-refractivity contribution in [1.29, 1.82) is 0 Å². The van der Waals surface area contributed by atoms with Crippen LogP contribution >= 0.6 is 11.3 Å². The van der Waals surface area contributed by atoms with Crippen molar-refractivity contribution in [2.75, 3.05) is 5.32 Å². The summed E-state index contributed by atoms with van der Waals surface area (Å²) < 4.78 is 1.15. The van der Waals surface area contributed by atoms with Gasteiger partial charge in [-0.2, -0.15) is 0 Å². The van der Waals surface area contributed by atoms with Gasteiger partial charge in [0.15, 0.2) is 5.13 Å². The highest BCUT2D eigenvalue weighted by atomic mass is 32.1. The van der Waals surface area contributed by atoms with E-state index in [1.165, 1.54) is 27.5 Å². The molecule has 3 aromatic carbocycles. The molecule has 0 saturated heterocycles. The Hall–Kier alpha value is -2.72. The fraction of sp³-hybridized carbons (Fsp3) is 0.182. The van der Waals surface area contributed by atoms with Crippen molar-refractivity contribution in [3.63, 3.8) is 0 Å². The third-order valence-corrected chi connectivity index (χ3v) is 6.00. The second-order valence-electron chi connectivity index (χ2n) is 6.95. The quantitative estimate of drug-likeness (QED) is 0.557. The Bertz CT molecular complexity index is 1160. The Labute approximate surface area is 155 Å². The standard InChI is InChI=1S/C22H18N2OS/c1-13-5-7-14(8-6-13)11-19(25)23-22-24-21-17-4-2-3-15-9-10-16(20(15)17)12-18(21)26-22/h2-8,12H,9-11H2,1H3,(H,23,24,25). The van der Waals surface area contributed by atoms with Crippen LogP contribution in [0.5, 0.6) is 0 Å². The van der Waals surface area contributed by atoms with Crippen molar-refractivity contribution in [2.45, 2.75) is 26.2 Å². The van der Waals surface area contributed by atoms with E-state index in [1.54, 1.807) is 11.3 Å². The summed E-state index contributed by atoms with van der Waals surface area (Å²) in [5, 5.41) is 6.24. The van der Waals surface area contributed by atoms with Gasteiger partial charge in [0.05, 0.1) is 16.6 Å². The van der Waals surface area contributed by atoms with Crippen LogP contribution < -0.4 is 5.32 Å². The van der Waals surface area contributed by atoms with Crippen LogP contribution in [0.3, 0.4) is 0 Å². The lowest BCUT2D eigenvalue weighted by Gasteiger charge is -2.02. The fourth-order valence-corrected chi connectivity index (χ4v) is 4.78. The van der Waals surface area contributed by atoms with E-state index in [0.29, 0.717) is 11.6 Å². The van der Waals surface area contributed by atoms with Gasteiger partial charge < -0.3 is 5.32 Å². The van der Waals surface area contributed by atoms with Gasteiger partial charge >= 0.3 is 0 Å². The number of anilines is 1. The third-order valence-electron chi connectivity index (χ3n) is 5.08. The summed E-state index contributed by atoms with van der Waals surface area (Å²) in [5.41, 5.74) is 6.04. The topological polar surface area (TPSA) is 42.0 Å². The maximum atomic E-state index is 12.4. The minimum atomic E-state index is -0.0229. The third kappa shape index (κ3) is 2.58. The number of nitrogens with zero attached hydrogens (tertiary/aromatic N) is 1. The molecule has 0 spiro atoms. The van der Waals surface area contributed by atoms with Crippen LogP contribution in [-0.2, 0) is 24.1 Å². The molecule has 1 N–H and O–H groups in total. The van der Waals surface area contributed by atoms with Gasteiger partial charge in [0.2, 0.25) is 5.91 Å². The number of rotatable bonds is 3. The van der Waals surface area contributed by atoms with Crippen LogP contribution in [-0.4, -0.2) is 10.9 Å². The molecule has 26 heavy (non-hydrogen) atoms. The molecule has 0 radical (unpaired) electrons. The number of thiazole rings is 1. The van der Waals surface area contributed by atoms with Gasteiger partial charge in [-0.3, -0.25) is 4.79 Å². The number of benzene rings is 3. The van der Waals surface area contributed by atoms with Crippen molar-refractivity contribution in [1.82, 2.24) is 4.98 Å². The van der Waals surface area contributed by atoms with E-state index in [2.05, 4.69) is 29.6 Å².